The number of carbonyl (C=O) groups is 1. The molecule has 0 bridgehead atoms. The number of piperazine rings is 1. The molecule has 1 aromatic carbocycles. The first kappa shape index (κ1) is 15.7. The van der Waals surface area contributed by atoms with Crippen LogP contribution in [0.3, 0.4) is 0 Å². The summed E-state index contributed by atoms with van der Waals surface area (Å²) in [5, 5.41) is 12.0. The molecule has 1 aromatic rings. The van der Waals surface area contributed by atoms with Crippen molar-refractivity contribution >= 4 is 5.97 Å². The second-order valence-electron chi connectivity index (χ2n) is 4.83. The average Bonchev–Trinajstić information content (AvgIpc) is 2.40. The van der Waals surface area contributed by atoms with Crippen LogP contribution in [0.2, 0.25) is 0 Å². The number of benzene rings is 1. The van der Waals surface area contributed by atoms with Crippen LogP contribution in [0.15, 0.2) is 18.2 Å². The fourth-order valence-electron chi connectivity index (χ4n) is 2.35. The van der Waals surface area contributed by atoms with Gasteiger partial charge >= 0.3 is 12.1 Å². The molecular formula is C13H14F4N2O2. The van der Waals surface area contributed by atoms with E-state index < -0.39 is 29.6 Å². The van der Waals surface area contributed by atoms with Crippen LogP contribution >= 0.6 is 0 Å². The second kappa shape index (κ2) is 5.98. The molecule has 1 unspecified atom stereocenters. The lowest BCUT2D eigenvalue weighted by Gasteiger charge is -2.34. The Morgan fingerprint density at radius 1 is 1.43 bits per heavy atom. The van der Waals surface area contributed by atoms with Gasteiger partial charge in [0, 0.05) is 26.2 Å². The quantitative estimate of drug-likeness (QED) is 0.835. The van der Waals surface area contributed by atoms with E-state index in [1.165, 1.54) is 4.90 Å². The predicted octanol–water partition coefficient (Wildman–Crippen LogP) is 1.70. The van der Waals surface area contributed by atoms with Gasteiger partial charge in [-0.05, 0) is 17.7 Å². The van der Waals surface area contributed by atoms with Crippen molar-refractivity contribution in [2.45, 2.75) is 18.8 Å². The minimum atomic E-state index is -4.68. The Balaban J connectivity index is 2.28. The summed E-state index contributed by atoms with van der Waals surface area (Å²) in [6, 6.07) is 1.54. The van der Waals surface area contributed by atoms with Gasteiger partial charge in [0.25, 0.3) is 0 Å². The van der Waals surface area contributed by atoms with Gasteiger partial charge in [-0.3, -0.25) is 9.69 Å². The molecule has 1 atom stereocenters. The molecule has 8 heteroatoms. The van der Waals surface area contributed by atoms with E-state index in [-0.39, 0.29) is 18.7 Å². The third-order valence-electron chi connectivity index (χ3n) is 3.39. The third kappa shape index (κ3) is 3.70. The van der Waals surface area contributed by atoms with Crippen LogP contribution in [0.4, 0.5) is 17.6 Å². The number of rotatable bonds is 3. The minimum absolute atomic E-state index is 0.128. The zero-order valence-electron chi connectivity index (χ0n) is 11.0. The van der Waals surface area contributed by atoms with Crippen molar-refractivity contribution in [3.63, 3.8) is 0 Å². The Kier molecular flexibility index (Phi) is 4.48. The molecule has 2 N–H and O–H groups in total. The van der Waals surface area contributed by atoms with Crippen molar-refractivity contribution in [1.82, 2.24) is 10.2 Å². The summed E-state index contributed by atoms with van der Waals surface area (Å²) in [5.74, 6) is -2.07. The van der Waals surface area contributed by atoms with Gasteiger partial charge in [-0.25, -0.2) is 4.39 Å². The summed E-state index contributed by atoms with van der Waals surface area (Å²) in [6.45, 7) is 0.781. The molecule has 21 heavy (non-hydrogen) atoms. The molecule has 1 heterocycles. The lowest BCUT2D eigenvalue weighted by Crippen LogP contribution is -2.54. The second-order valence-corrected chi connectivity index (χ2v) is 4.83. The molecule has 1 saturated heterocycles. The van der Waals surface area contributed by atoms with E-state index in [2.05, 4.69) is 5.32 Å². The molecule has 0 radical (unpaired) electrons. The number of alkyl halides is 3. The van der Waals surface area contributed by atoms with Crippen molar-refractivity contribution in [3.05, 3.63) is 35.1 Å². The van der Waals surface area contributed by atoms with Gasteiger partial charge in [-0.1, -0.05) is 6.07 Å². The van der Waals surface area contributed by atoms with Gasteiger partial charge in [0.1, 0.15) is 11.9 Å². The molecule has 0 spiro atoms. The maximum Gasteiger partial charge on any atom is 0.416 e. The zero-order valence-corrected chi connectivity index (χ0v) is 11.0. The fourth-order valence-corrected chi connectivity index (χ4v) is 2.35. The van der Waals surface area contributed by atoms with Crippen molar-refractivity contribution in [2.75, 3.05) is 19.6 Å². The Labute approximate surface area is 118 Å². The summed E-state index contributed by atoms with van der Waals surface area (Å²) in [6.07, 6.45) is -4.68. The van der Waals surface area contributed by atoms with Gasteiger partial charge in [0.05, 0.1) is 5.56 Å². The first-order chi connectivity index (χ1) is 9.79. The zero-order chi connectivity index (χ0) is 15.6. The summed E-state index contributed by atoms with van der Waals surface area (Å²) >= 11 is 0. The van der Waals surface area contributed by atoms with Crippen LogP contribution in [0.5, 0.6) is 0 Å². The first-order valence-electron chi connectivity index (χ1n) is 6.32. The van der Waals surface area contributed by atoms with Gasteiger partial charge in [0.15, 0.2) is 0 Å². The molecule has 1 fully saturated rings. The van der Waals surface area contributed by atoms with E-state index in [9.17, 15) is 22.4 Å². The summed E-state index contributed by atoms with van der Waals surface area (Å²) in [5.41, 5.74) is -1.19. The maximum absolute atomic E-state index is 13.0. The van der Waals surface area contributed by atoms with E-state index in [0.29, 0.717) is 19.2 Å². The van der Waals surface area contributed by atoms with Crippen LogP contribution in [-0.2, 0) is 17.5 Å². The van der Waals surface area contributed by atoms with Crippen LogP contribution in [0.25, 0.3) is 0 Å². The molecular weight excluding hydrogens is 292 g/mol. The summed E-state index contributed by atoms with van der Waals surface area (Å²) in [4.78, 5) is 12.6. The predicted molar refractivity (Wildman–Crippen MR) is 66.1 cm³/mol. The molecule has 116 valence electrons. The minimum Gasteiger partial charge on any atom is -0.480 e. The standard InChI is InChI=1S/C13H14F4N2O2/c14-9-2-1-8(10(5-9)13(15,16)17)7-19-4-3-18-6-11(19)12(20)21/h1-2,5,11,18H,3-4,6-7H2,(H,20,21). The number of nitrogens with one attached hydrogen (secondary N) is 1. The highest BCUT2D eigenvalue weighted by Gasteiger charge is 2.35. The number of carboxylic acids is 1. The number of hydrogen-bond acceptors (Lipinski definition) is 3. The fraction of sp³-hybridized carbons (Fsp3) is 0.462. The Hall–Kier alpha value is -1.67. The van der Waals surface area contributed by atoms with Crippen LogP contribution in [0.1, 0.15) is 11.1 Å². The average molecular weight is 306 g/mol. The lowest BCUT2D eigenvalue weighted by molar-refractivity contribution is -0.144. The Morgan fingerprint density at radius 2 is 2.14 bits per heavy atom. The number of carboxylic acid groups (broad SMARTS) is 1. The number of nitrogens with zero attached hydrogens (tertiary/aromatic N) is 1. The smallest absolute Gasteiger partial charge is 0.416 e. The molecule has 0 aromatic heterocycles. The first-order valence-corrected chi connectivity index (χ1v) is 6.32. The molecule has 2 rings (SSSR count). The van der Waals surface area contributed by atoms with Crippen LogP contribution < -0.4 is 5.32 Å². The van der Waals surface area contributed by atoms with Gasteiger partial charge < -0.3 is 10.4 Å². The normalized spacial score (nSPS) is 20.5. The molecule has 4 nitrogen and oxygen atoms in total. The SMILES string of the molecule is O=C(O)C1CNCCN1Cc1ccc(F)cc1C(F)(F)F. The molecule has 1 aliphatic heterocycles. The molecule has 1 aliphatic rings. The number of hydrogen-bond donors (Lipinski definition) is 2. The van der Waals surface area contributed by atoms with Crippen LogP contribution in [-0.4, -0.2) is 41.7 Å². The van der Waals surface area contributed by atoms with Crippen molar-refractivity contribution in [3.8, 4) is 0 Å². The summed E-state index contributed by atoms with van der Waals surface area (Å²) in [7, 11) is 0. The van der Waals surface area contributed by atoms with Crippen molar-refractivity contribution in [2.24, 2.45) is 0 Å². The third-order valence-corrected chi connectivity index (χ3v) is 3.39. The number of aliphatic carboxylic acids is 1. The maximum atomic E-state index is 13.0. The molecule has 0 aliphatic carbocycles. The largest absolute Gasteiger partial charge is 0.480 e. The van der Waals surface area contributed by atoms with Crippen LogP contribution in [0, 0.1) is 5.82 Å². The number of halogens is 4. The van der Waals surface area contributed by atoms with Gasteiger partial charge in [-0.15, -0.1) is 0 Å². The Morgan fingerprint density at radius 3 is 2.76 bits per heavy atom. The highest BCUT2D eigenvalue weighted by molar-refractivity contribution is 5.74. The molecule has 0 amide bonds. The van der Waals surface area contributed by atoms with Gasteiger partial charge in [0.2, 0.25) is 0 Å². The van der Waals surface area contributed by atoms with E-state index in [1.807, 2.05) is 0 Å². The highest BCUT2D eigenvalue weighted by atomic mass is 19.4. The monoisotopic (exact) mass is 306 g/mol. The van der Waals surface area contributed by atoms with Crippen molar-refractivity contribution < 1.29 is 27.5 Å². The lowest BCUT2D eigenvalue weighted by atomic mass is 10.0. The van der Waals surface area contributed by atoms with E-state index in [1.54, 1.807) is 0 Å². The van der Waals surface area contributed by atoms with Gasteiger partial charge in [-0.2, -0.15) is 13.2 Å². The topological polar surface area (TPSA) is 52.6 Å². The Bertz CT molecular complexity index is 533. The van der Waals surface area contributed by atoms with E-state index >= 15 is 0 Å². The van der Waals surface area contributed by atoms with E-state index in [0.717, 1.165) is 12.1 Å². The summed E-state index contributed by atoms with van der Waals surface area (Å²) < 4.78 is 51.8. The molecule has 0 saturated carbocycles. The van der Waals surface area contributed by atoms with Crippen molar-refractivity contribution in [1.29, 1.82) is 0 Å². The highest BCUT2D eigenvalue weighted by Crippen LogP contribution is 2.33. The van der Waals surface area contributed by atoms with E-state index in [4.69, 9.17) is 5.11 Å².